The number of ether oxygens (including phenoxy) is 1. The molecule has 2 aromatic carbocycles. The fourth-order valence-electron chi connectivity index (χ4n) is 4.70. The molecule has 2 atom stereocenters. The van der Waals surface area contributed by atoms with E-state index in [2.05, 4.69) is 0 Å². The van der Waals surface area contributed by atoms with Crippen molar-refractivity contribution in [3.63, 3.8) is 0 Å². The second-order valence-electron chi connectivity index (χ2n) is 8.82. The summed E-state index contributed by atoms with van der Waals surface area (Å²) in [5.41, 5.74) is 2.04. The van der Waals surface area contributed by atoms with E-state index < -0.39 is 11.7 Å². The van der Waals surface area contributed by atoms with Gasteiger partial charge >= 0.3 is 6.18 Å². The number of fused-ring (bicyclic) bond motifs is 1. The van der Waals surface area contributed by atoms with Crippen molar-refractivity contribution < 1.29 is 27.5 Å². The average molecular weight is 470 g/mol. The number of rotatable bonds is 6. The van der Waals surface area contributed by atoms with Gasteiger partial charge in [0.1, 0.15) is 5.75 Å². The zero-order valence-corrected chi connectivity index (χ0v) is 19.1. The highest BCUT2D eigenvalue weighted by Crippen LogP contribution is 2.36. The lowest BCUT2D eigenvalue weighted by Crippen LogP contribution is -2.28. The van der Waals surface area contributed by atoms with Crippen molar-refractivity contribution >= 4 is 11.6 Å². The van der Waals surface area contributed by atoms with Crippen LogP contribution in [-0.4, -0.2) is 23.6 Å². The van der Waals surface area contributed by atoms with Gasteiger partial charge in [-0.3, -0.25) is 9.59 Å². The molecule has 0 N–H and O–H groups in total. The summed E-state index contributed by atoms with van der Waals surface area (Å²) in [6, 6.07) is 10.7. The standard InChI is InChI=1S/C27H26F3NO3/c1-17(32)25-16-31(15-18-4-3-5-22(12-18)27(28,29)30)11-10-20(25)13-21-7-6-19-14-23(34-2)8-9-24(19)26(21)33/h3-5,8-12,14,16,20-21H,6-7,13,15H2,1-2H3. The minimum atomic E-state index is -4.41. The predicted molar refractivity (Wildman–Crippen MR) is 122 cm³/mol. The molecule has 1 aliphatic heterocycles. The number of nitrogens with zero attached hydrogens (tertiary/aromatic N) is 1. The summed E-state index contributed by atoms with van der Waals surface area (Å²) in [7, 11) is 1.59. The highest BCUT2D eigenvalue weighted by molar-refractivity contribution is 6.00. The van der Waals surface area contributed by atoms with E-state index in [1.807, 2.05) is 12.1 Å². The molecule has 4 rings (SSSR count). The van der Waals surface area contributed by atoms with Crippen LogP contribution in [0.2, 0.25) is 0 Å². The zero-order valence-electron chi connectivity index (χ0n) is 19.1. The molecule has 0 amide bonds. The van der Waals surface area contributed by atoms with Gasteiger partial charge in [0.2, 0.25) is 0 Å². The van der Waals surface area contributed by atoms with Gasteiger partial charge < -0.3 is 9.64 Å². The Morgan fingerprint density at radius 2 is 1.97 bits per heavy atom. The van der Waals surface area contributed by atoms with Crippen LogP contribution >= 0.6 is 0 Å². The summed E-state index contributed by atoms with van der Waals surface area (Å²) in [6.07, 6.45) is 2.92. The molecule has 0 saturated heterocycles. The fraction of sp³-hybridized carbons (Fsp3) is 0.333. The van der Waals surface area contributed by atoms with E-state index in [0.717, 1.165) is 29.9 Å². The molecule has 1 aliphatic carbocycles. The van der Waals surface area contributed by atoms with Crippen molar-refractivity contribution in [3.05, 3.63) is 88.8 Å². The van der Waals surface area contributed by atoms with Crippen LogP contribution in [0.3, 0.4) is 0 Å². The summed E-state index contributed by atoms with van der Waals surface area (Å²) >= 11 is 0. The van der Waals surface area contributed by atoms with Crippen LogP contribution in [0.25, 0.3) is 0 Å². The van der Waals surface area contributed by atoms with Crippen LogP contribution in [0.5, 0.6) is 5.75 Å². The molecule has 0 fully saturated rings. The molecule has 0 saturated carbocycles. The lowest BCUT2D eigenvalue weighted by molar-refractivity contribution is -0.137. The maximum absolute atomic E-state index is 13.1. The van der Waals surface area contributed by atoms with E-state index in [-0.39, 0.29) is 29.9 Å². The molecule has 0 spiro atoms. The van der Waals surface area contributed by atoms with E-state index in [9.17, 15) is 22.8 Å². The molecular weight excluding hydrogens is 443 g/mol. The number of allylic oxidation sites excluding steroid dienone is 2. The van der Waals surface area contributed by atoms with Gasteiger partial charge in [-0.1, -0.05) is 18.2 Å². The molecule has 1 heterocycles. The SMILES string of the molecule is COc1ccc2c(c1)CCC(CC1C=CN(Cc3cccc(C(F)(F)F)c3)C=C1C(C)=O)C2=O. The minimum absolute atomic E-state index is 0.0756. The maximum atomic E-state index is 13.1. The normalized spacial score (nSPS) is 20.1. The van der Waals surface area contributed by atoms with Crippen molar-refractivity contribution in [2.24, 2.45) is 11.8 Å². The second-order valence-corrected chi connectivity index (χ2v) is 8.82. The Bertz CT molecular complexity index is 1170. The third-order valence-electron chi connectivity index (χ3n) is 6.49. The van der Waals surface area contributed by atoms with Gasteiger partial charge in [0, 0.05) is 41.9 Å². The predicted octanol–water partition coefficient (Wildman–Crippen LogP) is 5.97. The number of aryl methyl sites for hydroxylation is 1. The van der Waals surface area contributed by atoms with Gasteiger partial charge in [-0.05, 0) is 67.6 Å². The third-order valence-corrected chi connectivity index (χ3v) is 6.49. The van der Waals surface area contributed by atoms with Crippen molar-refractivity contribution in [2.75, 3.05) is 7.11 Å². The fourth-order valence-corrected chi connectivity index (χ4v) is 4.70. The molecule has 2 unspecified atom stereocenters. The number of carbonyl (C=O) groups excluding carboxylic acids is 2. The molecule has 7 heteroatoms. The van der Waals surface area contributed by atoms with Crippen molar-refractivity contribution in [1.29, 1.82) is 0 Å². The lowest BCUT2D eigenvalue weighted by atomic mass is 9.76. The molecule has 2 aromatic rings. The first-order valence-electron chi connectivity index (χ1n) is 11.2. The van der Waals surface area contributed by atoms with Crippen LogP contribution in [0, 0.1) is 11.8 Å². The Kier molecular flexibility index (Phi) is 6.64. The molecule has 0 bridgehead atoms. The molecule has 178 valence electrons. The number of carbonyl (C=O) groups is 2. The Morgan fingerprint density at radius 3 is 2.68 bits per heavy atom. The number of methoxy groups -OCH3 is 1. The highest BCUT2D eigenvalue weighted by atomic mass is 19.4. The van der Waals surface area contributed by atoms with Crippen LogP contribution in [0.15, 0.2) is 66.5 Å². The van der Waals surface area contributed by atoms with Gasteiger partial charge in [-0.15, -0.1) is 0 Å². The zero-order chi connectivity index (χ0) is 24.5. The molecule has 0 aromatic heterocycles. The van der Waals surface area contributed by atoms with Gasteiger partial charge in [0.15, 0.2) is 11.6 Å². The molecule has 4 nitrogen and oxygen atoms in total. The van der Waals surface area contributed by atoms with E-state index in [1.165, 1.54) is 13.0 Å². The summed E-state index contributed by atoms with van der Waals surface area (Å²) in [5.74, 6) is 0.267. The molecule has 0 radical (unpaired) electrons. The minimum Gasteiger partial charge on any atom is -0.497 e. The summed E-state index contributed by atoms with van der Waals surface area (Å²) < 4.78 is 44.4. The van der Waals surface area contributed by atoms with Crippen molar-refractivity contribution in [3.8, 4) is 5.75 Å². The first-order valence-corrected chi connectivity index (χ1v) is 11.2. The number of halogens is 3. The molecule has 34 heavy (non-hydrogen) atoms. The smallest absolute Gasteiger partial charge is 0.416 e. The summed E-state index contributed by atoms with van der Waals surface area (Å²) in [6.45, 7) is 1.69. The van der Waals surface area contributed by atoms with Gasteiger partial charge in [-0.25, -0.2) is 0 Å². The third kappa shape index (κ3) is 5.08. The highest BCUT2D eigenvalue weighted by Gasteiger charge is 2.33. The monoisotopic (exact) mass is 469 g/mol. The van der Waals surface area contributed by atoms with Crippen LogP contribution in [-0.2, 0) is 23.9 Å². The summed E-state index contributed by atoms with van der Waals surface area (Å²) in [4.78, 5) is 27.2. The number of Topliss-reactive ketones (excluding diaryl/α,β-unsaturated/α-hetero) is 2. The maximum Gasteiger partial charge on any atom is 0.416 e. The summed E-state index contributed by atoms with van der Waals surface area (Å²) in [5, 5.41) is 0. The van der Waals surface area contributed by atoms with Crippen LogP contribution in [0.4, 0.5) is 13.2 Å². The van der Waals surface area contributed by atoms with E-state index in [4.69, 9.17) is 4.74 Å². The van der Waals surface area contributed by atoms with E-state index in [0.29, 0.717) is 29.5 Å². The number of alkyl halides is 3. The number of hydrogen-bond donors (Lipinski definition) is 0. The Morgan fingerprint density at radius 1 is 1.18 bits per heavy atom. The number of ketones is 2. The average Bonchev–Trinajstić information content (AvgIpc) is 2.81. The first kappa shape index (κ1) is 23.8. The lowest BCUT2D eigenvalue weighted by Gasteiger charge is -2.30. The second kappa shape index (κ2) is 9.49. The van der Waals surface area contributed by atoms with E-state index >= 15 is 0 Å². The Labute approximate surface area is 196 Å². The number of benzene rings is 2. The van der Waals surface area contributed by atoms with Gasteiger partial charge in [0.05, 0.1) is 12.7 Å². The van der Waals surface area contributed by atoms with E-state index in [1.54, 1.807) is 42.6 Å². The quantitative estimate of drug-likeness (QED) is 0.523. The largest absolute Gasteiger partial charge is 0.497 e. The Balaban J connectivity index is 1.48. The topological polar surface area (TPSA) is 46.6 Å². The first-order chi connectivity index (χ1) is 16.2. The van der Waals surface area contributed by atoms with Crippen LogP contribution in [0.1, 0.15) is 46.8 Å². The Hall–Kier alpha value is -3.35. The number of hydrogen-bond acceptors (Lipinski definition) is 4. The van der Waals surface area contributed by atoms with Crippen molar-refractivity contribution in [1.82, 2.24) is 4.90 Å². The van der Waals surface area contributed by atoms with Crippen molar-refractivity contribution in [2.45, 2.75) is 38.9 Å². The van der Waals surface area contributed by atoms with Gasteiger partial charge in [-0.2, -0.15) is 13.2 Å². The molecule has 2 aliphatic rings. The van der Waals surface area contributed by atoms with Gasteiger partial charge in [0.25, 0.3) is 0 Å². The van der Waals surface area contributed by atoms with Crippen LogP contribution < -0.4 is 4.74 Å². The molecular formula is C27H26F3NO3.